The highest BCUT2D eigenvalue weighted by atomic mass is 19.4. The summed E-state index contributed by atoms with van der Waals surface area (Å²) in [5, 5.41) is 11.2. The summed E-state index contributed by atoms with van der Waals surface area (Å²) in [7, 11) is 1.44. The lowest BCUT2D eigenvalue weighted by atomic mass is 9.92. The molecule has 0 amide bonds. The number of aliphatic carboxylic acids is 1. The zero-order chi connectivity index (χ0) is 14.7. The summed E-state index contributed by atoms with van der Waals surface area (Å²) in [5.41, 5.74) is -1.60. The van der Waals surface area contributed by atoms with E-state index in [1.807, 2.05) is 5.32 Å². The van der Waals surface area contributed by atoms with Gasteiger partial charge in [0, 0.05) is 0 Å². The number of carboxylic acids is 1. The molecule has 4 nitrogen and oxygen atoms in total. The van der Waals surface area contributed by atoms with Gasteiger partial charge in [0.15, 0.2) is 0 Å². The summed E-state index contributed by atoms with van der Waals surface area (Å²) in [5.74, 6) is -0.894. The number of hydrogen-bond acceptors (Lipinski definition) is 3. The fourth-order valence-corrected chi connectivity index (χ4v) is 1.50. The Bertz CT molecular complexity index is 445. The molecule has 0 aliphatic rings. The second-order valence-corrected chi connectivity index (χ2v) is 4.13. The first-order valence-electron chi connectivity index (χ1n) is 5.39. The number of rotatable bonds is 5. The van der Waals surface area contributed by atoms with Gasteiger partial charge in [-0.15, -0.1) is 0 Å². The van der Waals surface area contributed by atoms with Crippen molar-refractivity contribution in [1.29, 1.82) is 0 Å². The van der Waals surface area contributed by atoms with E-state index in [4.69, 9.17) is 9.84 Å². The van der Waals surface area contributed by atoms with Gasteiger partial charge < -0.3 is 9.84 Å². The lowest BCUT2D eigenvalue weighted by Gasteiger charge is -2.27. The monoisotopic (exact) mass is 277 g/mol. The van der Waals surface area contributed by atoms with Gasteiger partial charge >= 0.3 is 12.1 Å². The second-order valence-electron chi connectivity index (χ2n) is 4.13. The van der Waals surface area contributed by atoms with E-state index in [1.54, 1.807) is 0 Å². The van der Waals surface area contributed by atoms with Crippen LogP contribution in [0.4, 0.5) is 13.2 Å². The number of carboxylic acid groups (broad SMARTS) is 1. The fourth-order valence-electron chi connectivity index (χ4n) is 1.50. The van der Waals surface area contributed by atoms with Crippen molar-refractivity contribution in [3.8, 4) is 5.75 Å². The first-order valence-corrected chi connectivity index (χ1v) is 5.39. The van der Waals surface area contributed by atoms with E-state index in [-0.39, 0.29) is 5.56 Å². The molecule has 0 saturated heterocycles. The summed E-state index contributed by atoms with van der Waals surface area (Å²) in [6, 6.07) is 5.81. The van der Waals surface area contributed by atoms with Crippen molar-refractivity contribution in [3.63, 3.8) is 0 Å². The van der Waals surface area contributed by atoms with E-state index in [2.05, 4.69) is 0 Å². The number of nitrogens with one attached hydrogen (secondary N) is 1. The van der Waals surface area contributed by atoms with Crippen molar-refractivity contribution >= 4 is 5.97 Å². The minimum Gasteiger partial charge on any atom is -0.497 e. The topological polar surface area (TPSA) is 58.6 Å². The molecular weight excluding hydrogens is 263 g/mol. The minimum atomic E-state index is -4.48. The highest BCUT2D eigenvalue weighted by Gasteiger charge is 2.39. The van der Waals surface area contributed by atoms with Crippen LogP contribution >= 0.6 is 0 Å². The summed E-state index contributed by atoms with van der Waals surface area (Å²) >= 11 is 0. The van der Waals surface area contributed by atoms with Gasteiger partial charge in [0.2, 0.25) is 0 Å². The van der Waals surface area contributed by atoms with E-state index in [1.165, 1.54) is 38.3 Å². The van der Waals surface area contributed by atoms with Crippen LogP contribution in [0.5, 0.6) is 5.75 Å². The van der Waals surface area contributed by atoms with Gasteiger partial charge in [0.25, 0.3) is 0 Å². The average Bonchev–Trinajstić information content (AvgIpc) is 2.35. The summed E-state index contributed by atoms with van der Waals surface area (Å²) in [6.45, 7) is -0.204. The Morgan fingerprint density at radius 3 is 2.21 bits per heavy atom. The van der Waals surface area contributed by atoms with Crippen LogP contribution < -0.4 is 10.1 Å². The minimum absolute atomic E-state index is 0.213. The molecule has 0 fully saturated rings. The van der Waals surface area contributed by atoms with Crippen LogP contribution in [0.15, 0.2) is 24.3 Å². The lowest BCUT2D eigenvalue weighted by molar-refractivity contribution is -0.150. The van der Waals surface area contributed by atoms with Crippen LogP contribution in [-0.4, -0.2) is 30.9 Å². The zero-order valence-corrected chi connectivity index (χ0v) is 10.4. The Morgan fingerprint density at radius 1 is 1.32 bits per heavy atom. The van der Waals surface area contributed by atoms with E-state index in [0.717, 1.165) is 0 Å². The van der Waals surface area contributed by atoms with Crippen molar-refractivity contribution in [2.24, 2.45) is 0 Å². The molecular formula is C12H14F3NO3. The van der Waals surface area contributed by atoms with Gasteiger partial charge in [-0.3, -0.25) is 5.32 Å². The molecule has 0 heterocycles. The Kier molecular flexibility index (Phi) is 4.41. The van der Waals surface area contributed by atoms with Crippen LogP contribution in [0.3, 0.4) is 0 Å². The molecule has 19 heavy (non-hydrogen) atoms. The quantitative estimate of drug-likeness (QED) is 0.865. The first-order chi connectivity index (χ1) is 8.69. The zero-order valence-electron chi connectivity index (χ0n) is 10.4. The largest absolute Gasteiger partial charge is 0.497 e. The molecule has 7 heteroatoms. The predicted octanol–water partition coefficient (Wildman–Crippen LogP) is 2.15. The van der Waals surface area contributed by atoms with Crippen molar-refractivity contribution in [2.45, 2.75) is 18.6 Å². The van der Waals surface area contributed by atoms with Gasteiger partial charge in [0.1, 0.15) is 11.3 Å². The molecule has 0 radical (unpaired) electrons. The molecule has 0 aromatic heterocycles. The van der Waals surface area contributed by atoms with Gasteiger partial charge in [0.05, 0.1) is 13.7 Å². The molecule has 0 aliphatic heterocycles. The number of carbonyl (C=O) groups is 1. The van der Waals surface area contributed by atoms with E-state index in [9.17, 15) is 18.0 Å². The third-order valence-corrected chi connectivity index (χ3v) is 2.74. The summed E-state index contributed by atoms with van der Waals surface area (Å²) in [6.07, 6.45) is -4.48. The predicted molar refractivity (Wildman–Crippen MR) is 62.0 cm³/mol. The van der Waals surface area contributed by atoms with Crippen LogP contribution in [-0.2, 0) is 10.3 Å². The van der Waals surface area contributed by atoms with Crippen LogP contribution in [0.25, 0.3) is 0 Å². The highest BCUT2D eigenvalue weighted by Crippen LogP contribution is 2.25. The van der Waals surface area contributed by atoms with Crippen molar-refractivity contribution < 1.29 is 27.8 Å². The second kappa shape index (κ2) is 5.48. The van der Waals surface area contributed by atoms with Crippen LogP contribution in [0, 0.1) is 0 Å². The maximum absolute atomic E-state index is 12.2. The first kappa shape index (κ1) is 15.3. The third-order valence-electron chi connectivity index (χ3n) is 2.74. The van der Waals surface area contributed by atoms with Crippen molar-refractivity contribution in [3.05, 3.63) is 29.8 Å². The van der Waals surface area contributed by atoms with Crippen molar-refractivity contribution in [2.75, 3.05) is 13.7 Å². The maximum Gasteiger partial charge on any atom is 0.401 e. The molecule has 1 unspecified atom stereocenters. The highest BCUT2D eigenvalue weighted by molar-refractivity contribution is 5.80. The van der Waals surface area contributed by atoms with Gasteiger partial charge in [-0.05, 0) is 24.6 Å². The normalized spacial score (nSPS) is 14.8. The SMILES string of the molecule is COc1ccc(C(C)(NCC(F)(F)F)C(=O)O)cc1. The average molecular weight is 277 g/mol. The molecule has 2 N–H and O–H groups in total. The van der Waals surface area contributed by atoms with Gasteiger partial charge in [-0.1, -0.05) is 12.1 Å². The smallest absolute Gasteiger partial charge is 0.401 e. The molecule has 0 spiro atoms. The number of halogens is 3. The molecule has 1 aromatic carbocycles. The number of methoxy groups -OCH3 is 1. The van der Waals surface area contributed by atoms with E-state index in [0.29, 0.717) is 5.75 Å². The molecule has 1 rings (SSSR count). The number of alkyl halides is 3. The maximum atomic E-state index is 12.2. The molecule has 1 atom stereocenters. The summed E-state index contributed by atoms with van der Waals surface area (Å²) in [4.78, 5) is 11.2. The third kappa shape index (κ3) is 3.85. The molecule has 0 aliphatic carbocycles. The molecule has 1 aromatic rings. The Balaban J connectivity index is 3.00. The van der Waals surface area contributed by atoms with Crippen molar-refractivity contribution in [1.82, 2.24) is 5.32 Å². The van der Waals surface area contributed by atoms with Gasteiger partial charge in [-0.2, -0.15) is 13.2 Å². The molecule has 0 saturated carbocycles. The van der Waals surface area contributed by atoms with E-state index >= 15 is 0 Å². The Labute approximate surface area is 108 Å². The number of hydrogen-bond donors (Lipinski definition) is 2. The van der Waals surface area contributed by atoms with Crippen LogP contribution in [0.1, 0.15) is 12.5 Å². The molecule has 0 bridgehead atoms. The van der Waals surface area contributed by atoms with Crippen LogP contribution in [0.2, 0.25) is 0 Å². The summed E-state index contributed by atoms with van der Waals surface area (Å²) < 4.78 is 41.5. The lowest BCUT2D eigenvalue weighted by Crippen LogP contribution is -2.50. The standard InChI is InChI=1S/C12H14F3NO3/c1-11(10(17)18,16-7-12(13,14)15)8-3-5-9(19-2)6-4-8/h3-6,16H,7H2,1-2H3,(H,17,18). The number of benzene rings is 1. The number of ether oxygens (including phenoxy) is 1. The molecule has 106 valence electrons. The Morgan fingerprint density at radius 2 is 1.84 bits per heavy atom. The fraction of sp³-hybridized carbons (Fsp3) is 0.417. The Hall–Kier alpha value is -1.76. The van der Waals surface area contributed by atoms with E-state index < -0.39 is 24.2 Å². The van der Waals surface area contributed by atoms with Gasteiger partial charge in [-0.25, -0.2) is 4.79 Å².